The van der Waals surface area contributed by atoms with E-state index in [1.165, 1.54) is 32.1 Å². The van der Waals surface area contributed by atoms with Crippen LogP contribution >= 0.6 is 22.6 Å². The lowest BCUT2D eigenvalue weighted by Gasteiger charge is -2.24. The van der Waals surface area contributed by atoms with Crippen LogP contribution in [-0.2, 0) is 4.74 Å². The highest BCUT2D eigenvalue weighted by Crippen LogP contribution is 2.43. The number of hydrogen-bond donors (Lipinski definition) is 0. The second kappa shape index (κ2) is 3.45. The van der Waals surface area contributed by atoms with Gasteiger partial charge in [0.2, 0.25) is 0 Å². The van der Waals surface area contributed by atoms with Crippen LogP contribution in [0.3, 0.4) is 0 Å². The summed E-state index contributed by atoms with van der Waals surface area (Å²) < 4.78 is 7.25. The van der Waals surface area contributed by atoms with Crippen molar-refractivity contribution in [1.29, 1.82) is 0 Å². The normalized spacial score (nSPS) is 47.5. The van der Waals surface area contributed by atoms with Gasteiger partial charge in [-0.25, -0.2) is 0 Å². The smallest absolute Gasteiger partial charge is 0.0751 e. The van der Waals surface area contributed by atoms with Gasteiger partial charge in [-0.05, 0) is 32.1 Å². The number of alkyl halides is 1. The number of halogens is 1. The van der Waals surface area contributed by atoms with Gasteiger partial charge in [0.25, 0.3) is 0 Å². The van der Waals surface area contributed by atoms with Gasteiger partial charge >= 0.3 is 0 Å². The van der Waals surface area contributed by atoms with Gasteiger partial charge in [-0.15, -0.1) is 0 Å². The molecule has 0 bridgehead atoms. The highest BCUT2D eigenvalue weighted by Gasteiger charge is 2.42. The molecule has 2 rings (SSSR count). The minimum absolute atomic E-state index is 0.209. The van der Waals surface area contributed by atoms with Gasteiger partial charge in [-0.2, -0.15) is 0 Å². The molecule has 0 N–H and O–H groups in total. The molecule has 1 heterocycles. The van der Waals surface area contributed by atoms with Crippen LogP contribution in [0.5, 0.6) is 0 Å². The number of hydrogen-bond acceptors (Lipinski definition) is 1. The fourth-order valence-corrected chi connectivity index (χ4v) is 3.11. The second-order valence-corrected chi connectivity index (χ2v) is 5.25. The minimum Gasteiger partial charge on any atom is -0.371 e. The van der Waals surface area contributed by atoms with Gasteiger partial charge in [0, 0.05) is 4.43 Å². The van der Waals surface area contributed by atoms with Gasteiger partial charge in [0.1, 0.15) is 0 Å². The van der Waals surface area contributed by atoms with Crippen molar-refractivity contribution in [2.24, 2.45) is 5.92 Å². The maximum absolute atomic E-state index is 6.09. The molecule has 1 saturated heterocycles. The molecule has 1 unspecified atom stereocenters. The highest BCUT2D eigenvalue weighted by molar-refractivity contribution is 14.1. The predicted molar refractivity (Wildman–Crippen MR) is 58.7 cm³/mol. The van der Waals surface area contributed by atoms with E-state index in [9.17, 15) is 0 Å². The molecular formula is C10H17IO. The standard InChI is InChI=1S/C10H17IO/c1-10(7-11)6-8-4-2-3-5-9(8)12-10/h8-9H,2-7H2,1H3/t8-,9-,10?/m1/s1. The minimum atomic E-state index is 0.209. The van der Waals surface area contributed by atoms with E-state index in [1.54, 1.807) is 0 Å². The van der Waals surface area contributed by atoms with Crippen molar-refractivity contribution in [1.82, 2.24) is 0 Å². The zero-order valence-electron chi connectivity index (χ0n) is 7.68. The first-order valence-corrected chi connectivity index (χ1v) is 6.50. The van der Waals surface area contributed by atoms with Crippen molar-refractivity contribution in [3.63, 3.8) is 0 Å². The molecular weight excluding hydrogens is 263 g/mol. The summed E-state index contributed by atoms with van der Waals surface area (Å²) in [6, 6.07) is 0. The van der Waals surface area contributed by atoms with Gasteiger partial charge in [-0.1, -0.05) is 35.4 Å². The lowest BCUT2D eigenvalue weighted by molar-refractivity contribution is -0.0257. The molecule has 1 nitrogen and oxygen atoms in total. The lowest BCUT2D eigenvalue weighted by atomic mass is 9.84. The van der Waals surface area contributed by atoms with Crippen molar-refractivity contribution in [3.05, 3.63) is 0 Å². The van der Waals surface area contributed by atoms with Crippen LogP contribution in [0.25, 0.3) is 0 Å². The average Bonchev–Trinajstić information content (AvgIpc) is 2.42. The van der Waals surface area contributed by atoms with Crippen LogP contribution in [0.2, 0.25) is 0 Å². The number of ether oxygens (including phenoxy) is 1. The molecule has 0 amide bonds. The van der Waals surface area contributed by atoms with Crippen molar-refractivity contribution in [3.8, 4) is 0 Å². The van der Waals surface area contributed by atoms with E-state index in [0.717, 1.165) is 10.3 Å². The summed E-state index contributed by atoms with van der Waals surface area (Å²) >= 11 is 2.45. The molecule has 70 valence electrons. The molecule has 2 aliphatic rings. The molecule has 2 heteroatoms. The largest absolute Gasteiger partial charge is 0.371 e. The highest BCUT2D eigenvalue weighted by atomic mass is 127. The fourth-order valence-electron chi connectivity index (χ4n) is 2.62. The molecule has 0 aromatic rings. The Balaban J connectivity index is 2.02. The van der Waals surface area contributed by atoms with E-state index >= 15 is 0 Å². The fraction of sp³-hybridized carbons (Fsp3) is 1.00. The first-order valence-electron chi connectivity index (χ1n) is 4.97. The molecule has 1 aliphatic heterocycles. The molecule has 12 heavy (non-hydrogen) atoms. The number of rotatable bonds is 1. The zero-order chi connectivity index (χ0) is 8.60. The Morgan fingerprint density at radius 2 is 2.17 bits per heavy atom. The third-order valence-corrected chi connectivity index (χ3v) is 4.87. The predicted octanol–water partition coefficient (Wildman–Crippen LogP) is 3.16. The molecule has 3 atom stereocenters. The first kappa shape index (κ1) is 9.25. The Hall–Kier alpha value is 0.690. The second-order valence-electron chi connectivity index (χ2n) is 4.49. The van der Waals surface area contributed by atoms with Crippen molar-refractivity contribution in [2.45, 2.75) is 50.7 Å². The summed E-state index contributed by atoms with van der Waals surface area (Å²) in [7, 11) is 0. The van der Waals surface area contributed by atoms with Gasteiger partial charge in [0.15, 0.2) is 0 Å². The van der Waals surface area contributed by atoms with E-state index < -0.39 is 0 Å². The molecule has 0 radical (unpaired) electrons. The van der Waals surface area contributed by atoms with E-state index in [1.807, 2.05) is 0 Å². The van der Waals surface area contributed by atoms with Crippen LogP contribution in [0.15, 0.2) is 0 Å². The van der Waals surface area contributed by atoms with E-state index in [4.69, 9.17) is 4.74 Å². The third kappa shape index (κ3) is 1.65. The van der Waals surface area contributed by atoms with Crippen molar-refractivity contribution in [2.75, 3.05) is 4.43 Å². The average molecular weight is 280 g/mol. The van der Waals surface area contributed by atoms with Crippen LogP contribution < -0.4 is 0 Å². The van der Waals surface area contributed by atoms with Crippen LogP contribution in [0, 0.1) is 5.92 Å². The molecule has 0 aromatic carbocycles. The molecule has 0 spiro atoms. The molecule has 0 aromatic heterocycles. The van der Waals surface area contributed by atoms with E-state index in [-0.39, 0.29) is 5.60 Å². The summed E-state index contributed by atoms with van der Waals surface area (Å²) in [5.41, 5.74) is 0.209. The Kier molecular flexibility index (Phi) is 2.66. The van der Waals surface area contributed by atoms with E-state index in [2.05, 4.69) is 29.5 Å². The van der Waals surface area contributed by atoms with Crippen molar-refractivity contribution < 1.29 is 4.74 Å². The summed E-state index contributed by atoms with van der Waals surface area (Å²) in [6.45, 7) is 2.28. The Morgan fingerprint density at radius 1 is 1.42 bits per heavy atom. The van der Waals surface area contributed by atoms with Gasteiger partial charge < -0.3 is 4.74 Å². The first-order chi connectivity index (χ1) is 5.73. The Morgan fingerprint density at radius 3 is 2.83 bits per heavy atom. The van der Waals surface area contributed by atoms with Gasteiger partial charge in [-0.3, -0.25) is 0 Å². The quantitative estimate of drug-likeness (QED) is 0.529. The Labute approximate surface area is 88.4 Å². The molecule has 1 saturated carbocycles. The SMILES string of the molecule is CC1(CI)C[C@H]2CCCC[C@H]2O1. The molecule has 2 fully saturated rings. The molecule has 1 aliphatic carbocycles. The third-order valence-electron chi connectivity index (χ3n) is 3.25. The van der Waals surface area contributed by atoms with Crippen LogP contribution in [0.4, 0.5) is 0 Å². The summed E-state index contributed by atoms with van der Waals surface area (Å²) in [5, 5.41) is 0. The summed E-state index contributed by atoms with van der Waals surface area (Å²) in [5.74, 6) is 0.888. The monoisotopic (exact) mass is 280 g/mol. The lowest BCUT2D eigenvalue weighted by Crippen LogP contribution is -2.26. The summed E-state index contributed by atoms with van der Waals surface area (Å²) in [4.78, 5) is 0. The van der Waals surface area contributed by atoms with Crippen LogP contribution in [-0.4, -0.2) is 16.1 Å². The van der Waals surface area contributed by atoms with E-state index in [0.29, 0.717) is 6.10 Å². The Bertz CT molecular complexity index is 155. The summed E-state index contributed by atoms with van der Waals surface area (Å²) in [6.07, 6.45) is 7.47. The topological polar surface area (TPSA) is 9.23 Å². The van der Waals surface area contributed by atoms with Crippen molar-refractivity contribution >= 4 is 22.6 Å². The number of fused-ring (bicyclic) bond motifs is 1. The van der Waals surface area contributed by atoms with Crippen LogP contribution in [0.1, 0.15) is 39.0 Å². The maximum atomic E-state index is 6.09. The zero-order valence-corrected chi connectivity index (χ0v) is 9.84. The van der Waals surface area contributed by atoms with Gasteiger partial charge in [0.05, 0.1) is 11.7 Å². The maximum Gasteiger partial charge on any atom is 0.0751 e.